The lowest BCUT2D eigenvalue weighted by molar-refractivity contribution is 0.0262. The Morgan fingerprint density at radius 3 is 2.24 bits per heavy atom. The van der Waals surface area contributed by atoms with Crippen LogP contribution in [0, 0.1) is 39.9 Å². The van der Waals surface area contributed by atoms with Gasteiger partial charge >= 0.3 is 0 Å². The van der Waals surface area contributed by atoms with Gasteiger partial charge in [-0.3, -0.25) is 0 Å². The Labute approximate surface area is 150 Å². The van der Waals surface area contributed by atoms with Gasteiger partial charge in [0.1, 0.15) is 17.7 Å². The van der Waals surface area contributed by atoms with Crippen LogP contribution in [0.5, 0.6) is 0 Å². The van der Waals surface area contributed by atoms with Crippen LogP contribution in [-0.2, 0) is 0 Å². The predicted molar refractivity (Wildman–Crippen MR) is 102 cm³/mol. The van der Waals surface area contributed by atoms with Gasteiger partial charge in [0.2, 0.25) is 0 Å². The number of nitrogens with zero attached hydrogens (tertiary/aromatic N) is 3. The summed E-state index contributed by atoms with van der Waals surface area (Å²) in [5, 5.41) is 18.5. The molecular weight excluding hydrogens is 306 g/mol. The van der Waals surface area contributed by atoms with Crippen LogP contribution in [0.2, 0.25) is 0 Å². The molecule has 2 bridgehead atoms. The highest BCUT2D eigenvalue weighted by atomic mass is 15.1. The molecule has 0 radical (unpaired) electrons. The quantitative estimate of drug-likeness (QED) is 0.754. The van der Waals surface area contributed by atoms with Gasteiger partial charge in [-0.05, 0) is 52.5 Å². The lowest BCUT2D eigenvalue weighted by Gasteiger charge is -2.57. The molecule has 3 heteroatoms. The van der Waals surface area contributed by atoms with Crippen molar-refractivity contribution in [3.05, 3.63) is 58.7 Å². The zero-order valence-corrected chi connectivity index (χ0v) is 15.2. The first-order valence-electron chi connectivity index (χ1n) is 8.60. The van der Waals surface area contributed by atoms with Crippen molar-refractivity contribution in [1.29, 1.82) is 10.5 Å². The Bertz CT molecular complexity index is 836. The van der Waals surface area contributed by atoms with E-state index < -0.39 is 0 Å². The highest BCUT2D eigenvalue weighted by molar-refractivity contribution is 5.61. The molecule has 0 saturated heterocycles. The zero-order valence-electron chi connectivity index (χ0n) is 15.2. The zero-order chi connectivity index (χ0) is 18.2. The van der Waals surface area contributed by atoms with Crippen molar-refractivity contribution in [1.82, 2.24) is 0 Å². The summed E-state index contributed by atoms with van der Waals surface area (Å²) in [6, 6.07) is 12.6. The van der Waals surface area contributed by atoms with Gasteiger partial charge in [0, 0.05) is 19.8 Å². The molecule has 4 rings (SSSR count). The van der Waals surface area contributed by atoms with Gasteiger partial charge < -0.3 is 4.90 Å². The number of hydrogen-bond acceptors (Lipinski definition) is 3. The fourth-order valence-electron chi connectivity index (χ4n) is 4.04. The van der Waals surface area contributed by atoms with Gasteiger partial charge in [-0.25, -0.2) is 0 Å². The number of hydrogen-bond donors (Lipinski definition) is 0. The first-order chi connectivity index (χ1) is 11.9. The van der Waals surface area contributed by atoms with E-state index in [9.17, 15) is 10.5 Å². The van der Waals surface area contributed by atoms with Crippen molar-refractivity contribution < 1.29 is 0 Å². The summed E-state index contributed by atoms with van der Waals surface area (Å²) in [5.41, 5.74) is 4.84. The summed E-state index contributed by atoms with van der Waals surface area (Å²) < 4.78 is 0. The van der Waals surface area contributed by atoms with E-state index in [1.54, 1.807) is 0 Å². The van der Waals surface area contributed by atoms with Crippen LogP contribution in [0.1, 0.15) is 25.8 Å². The normalized spacial score (nSPS) is 23.3. The van der Waals surface area contributed by atoms with E-state index >= 15 is 0 Å². The van der Waals surface area contributed by atoms with Crippen molar-refractivity contribution in [2.75, 3.05) is 19.0 Å². The molecule has 1 fully saturated rings. The van der Waals surface area contributed by atoms with Crippen LogP contribution in [0.25, 0.3) is 6.08 Å². The molecule has 0 aliphatic heterocycles. The summed E-state index contributed by atoms with van der Waals surface area (Å²) in [6.45, 7) is 4.48. The molecule has 1 aromatic carbocycles. The van der Waals surface area contributed by atoms with Crippen LogP contribution in [-0.4, -0.2) is 14.1 Å². The lowest BCUT2D eigenvalue weighted by atomic mass is 9.47. The van der Waals surface area contributed by atoms with Gasteiger partial charge in [0.05, 0.1) is 0 Å². The number of allylic oxidation sites excluding steroid dienone is 5. The molecule has 126 valence electrons. The maximum Gasteiger partial charge on any atom is 0.133 e. The Kier molecular flexibility index (Phi) is 4.27. The highest BCUT2D eigenvalue weighted by Crippen LogP contribution is 2.61. The topological polar surface area (TPSA) is 50.8 Å². The second kappa shape index (κ2) is 6.26. The first kappa shape index (κ1) is 17.1. The van der Waals surface area contributed by atoms with E-state index in [0.29, 0.717) is 11.8 Å². The summed E-state index contributed by atoms with van der Waals surface area (Å²) in [7, 11) is 4.06. The van der Waals surface area contributed by atoms with E-state index in [1.807, 2.05) is 14.1 Å². The van der Waals surface area contributed by atoms with E-state index in [4.69, 9.17) is 0 Å². The summed E-state index contributed by atoms with van der Waals surface area (Å²) in [6.07, 6.45) is 7.37. The molecule has 0 unspecified atom stereocenters. The molecule has 3 aliphatic rings. The molecule has 25 heavy (non-hydrogen) atoms. The lowest BCUT2D eigenvalue weighted by Crippen LogP contribution is -2.49. The third-order valence-corrected chi connectivity index (χ3v) is 5.76. The Morgan fingerprint density at radius 2 is 1.72 bits per heavy atom. The van der Waals surface area contributed by atoms with Crippen LogP contribution >= 0.6 is 0 Å². The van der Waals surface area contributed by atoms with Crippen molar-refractivity contribution >= 4 is 11.8 Å². The average molecular weight is 329 g/mol. The van der Waals surface area contributed by atoms with Gasteiger partial charge in [-0.1, -0.05) is 44.2 Å². The minimum atomic E-state index is 0.109. The molecule has 2 atom stereocenters. The fourth-order valence-corrected chi connectivity index (χ4v) is 4.04. The minimum absolute atomic E-state index is 0.109. The molecule has 0 spiro atoms. The Morgan fingerprint density at radius 1 is 1.08 bits per heavy atom. The average Bonchev–Trinajstić information content (AvgIpc) is 2.61. The highest BCUT2D eigenvalue weighted by Gasteiger charge is 2.53. The smallest absolute Gasteiger partial charge is 0.133 e. The number of rotatable bonds is 3. The van der Waals surface area contributed by atoms with Crippen molar-refractivity contribution in [3.63, 3.8) is 0 Å². The Hall–Kier alpha value is -2.78. The number of nitriles is 2. The molecule has 0 heterocycles. The second-order valence-electron chi connectivity index (χ2n) is 7.68. The van der Waals surface area contributed by atoms with Gasteiger partial charge in [0.15, 0.2) is 0 Å². The van der Waals surface area contributed by atoms with Gasteiger partial charge in [-0.15, -0.1) is 0 Å². The van der Waals surface area contributed by atoms with Crippen LogP contribution in [0.4, 0.5) is 5.69 Å². The monoisotopic (exact) mass is 329 g/mol. The molecular formula is C22H23N3. The van der Waals surface area contributed by atoms with Gasteiger partial charge in [-0.2, -0.15) is 10.5 Å². The van der Waals surface area contributed by atoms with Crippen LogP contribution < -0.4 is 4.90 Å². The number of anilines is 1. The van der Waals surface area contributed by atoms with Crippen molar-refractivity contribution in [3.8, 4) is 12.1 Å². The first-order valence-corrected chi connectivity index (χ1v) is 8.60. The molecule has 1 saturated carbocycles. The summed E-state index contributed by atoms with van der Waals surface area (Å²) >= 11 is 0. The third kappa shape index (κ3) is 2.87. The van der Waals surface area contributed by atoms with E-state index in [2.05, 4.69) is 73.4 Å². The standard InChI is InChI=1S/C22H23N3/c1-22(2)20-12-21(22)19(17(13-23)14-24)11-16(20)8-5-15-6-9-18(10-7-15)25(3)4/h5-11,20-21H,12H2,1-4H3/b8-5+/t20-,21+/m1/s1. The van der Waals surface area contributed by atoms with E-state index in [0.717, 1.165) is 17.6 Å². The van der Waals surface area contributed by atoms with Crippen LogP contribution in [0.3, 0.4) is 0 Å². The molecule has 0 amide bonds. The molecule has 3 aliphatic carbocycles. The largest absolute Gasteiger partial charge is 0.378 e. The summed E-state index contributed by atoms with van der Waals surface area (Å²) in [5.74, 6) is 0.820. The SMILES string of the molecule is CN(C)c1ccc(/C=C/C2=CC(=C(C#N)C#N)[C@@H]3C[C@H]2C3(C)C)cc1. The molecule has 3 nitrogen and oxygen atoms in total. The van der Waals surface area contributed by atoms with E-state index in [1.165, 1.54) is 11.3 Å². The number of benzene rings is 1. The summed E-state index contributed by atoms with van der Waals surface area (Å²) in [4.78, 5) is 2.08. The molecule has 1 aromatic rings. The maximum absolute atomic E-state index is 9.27. The second-order valence-corrected chi connectivity index (χ2v) is 7.68. The fraction of sp³-hybridized carbons (Fsp3) is 0.364. The third-order valence-electron chi connectivity index (χ3n) is 5.76. The van der Waals surface area contributed by atoms with Gasteiger partial charge in [0.25, 0.3) is 0 Å². The minimum Gasteiger partial charge on any atom is -0.378 e. The Balaban J connectivity index is 1.92. The van der Waals surface area contributed by atoms with Crippen molar-refractivity contribution in [2.45, 2.75) is 20.3 Å². The predicted octanol–water partition coefficient (Wildman–Crippen LogP) is 4.71. The van der Waals surface area contributed by atoms with E-state index in [-0.39, 0.29) is 11.0 Å². The number of fused-ring (bicyclic) bond motifs is 1. The molecule has 0 aromatic heterocycles. The molecule has 0 N–H and O–H groups in total. The van der Waals surface area contributed by atoms with Crippen LogP contribution in [0.15, 0.2) is 53.1 Å². The van der Waals surface area contributed by atoms with Crippen molar-refractivity contribution in [2.24, 2.45) is 17.3 Å². The maximum atomic E-state index is 9.27.